The van der Waals surface area contributed by atoms with Gasteiger partial charge >= 0.3 is 0 Å². The molecule has 2 fully saturated rings. The number of likely N-dealkylation sites (tertiary alicyclic amines) is 2. The lowest BCUT2D eigenvalue weighted by Gasteiger charge is -2.38. The summed E-state index contributed by atoms with van der Waals surface area (Å²) in [4.78, 5) is 21.6. The Balaban J connectivity index is 1.59. The topological polar surface area (TPSA) is 45.7 Å². The smallest absolute Gasteiger partial charge is 0.228 e. The van der Waals surface area contributed by atoms with Crippen LogP contribution in [0.3, 0.4) is 0 Å². The van der Waals surface area contributed by atoms with Gasteiger partial charge in [-0.05, 0) is 44.3 Å². The van der Waals surface area contributed by atoms with Crippen molar-refractivity contribution in [3.63, 3.8) is 0 Å². The molecule has 1 amide bonds. The summed E-state index contributed by atoms with van der Waals surface area (Å²) in [6, 6.07) is 4.02. The van der Waals surface area contributed by atoms with Gasteiger partial charge in [0.05, 0.1) is 12.5 Å². The number of carbonyl (C=O) groups excluding carboxylic acids is 1. The standard InChI is InChI=1S/C19H29N3O2/c1-15(2)13-22-12-8-19(18(22)23)6-10-21(11-7-19)14-16-5-4-9-20-17(16)24-3/h4-5,9,15H,6-8,10-14H2,1-3H3. The molecular formula is C19H29N3O2. The molecule has 3 rings (SSSR count). The van der Waals surface area contributed by atoms with Gasteiger partial charge in [-0.3, -0.25) is 9.69 Å². The number of amides is 1. The molecular weight excluding hydrogens is 302 g/mol. The number of piperidine rings is 1. The average molecular weight is 331 g/mol. The molecule has 24 heavy (non-hydrogen) atoms. The van der Waals surface area contributed by atoms with Crippen LogP contribution in [-0.4, -0.2) is 54.0 Å². The van der Waals surface area contributed by atoms with Gasteiger partial charge in [-0.2, -0.15) is 0 Å². The number of nitrogens with zero attached hydrogens (tertiary/aromatic N) is 3. The van der Waals surface area contributed by atoms with Gasteiger partial charge in [-0.1, -0.05) is 19.9 Å². The molecule has 1 aromatic rings. The molecule has 2 saturated heterocycles. The van der Waals surface area contributed by atoms with E-state index in [1.165, 1.54) is 0 Å². The maximum atomic E-state index is 12.9. The van der Waals surface area contributed by atoms with Crippen LogP contribution >= 0.6 is 0 Å². The molecule has 1 aromatic heterocycles. The van der Waals surface area contributed by atoms with Crippen molar-refractivity contribution in [2.24, 2.45) is 11.3 Å². The normalized spacial score (nSPS) is 21.0. The lowest BCUT2D eigenvalue weighted by Crippen LogP contribution is -2.44. The first-order valence-corrected chi connectivity index (χ1v) is 9.04. The first-order chi connectivity index (χ1) is 11.5. The van der Waals surface area contributed by atoms with Gasteiger partial charge in [-0.25, -0.2) is 4.98 Å². The second-order valence-electron chi connectivity index (χ2n) is 7.62. The molecule has 0 atom stereocenters. The van der Waals surface area contributed by atoms with Crippen molar-refractivity contribution in [3.8, 4) is 5.88 Å². The predicted molar refractivity (Wildman–Crippen MR) is 93.8 cm³/mol. The fourth-order valence-electron chi connectivity index (χ4n) is 4.08. The summed E-state index contributed by atoms with van der Waals surface area (Å²) < 4.78 is 5.35. The van der Waals surface area contributed by atoms with Crippen LogP contribution in [0.2, 0.25) is 0 Å². The fourth-order valence-corrected chi connectivity index (χ4v) is 4.08. The zero-order valence-corrected chi connectivity index (χ0v) is 15.1. The number of aromatic nitrogens is 1. The lowest BCUT2D eigenvalue weighted by molar-refractivity contribution is -0.138. The van der Waals surface area contributed by atoms with Crippen molar-refractivity contribution < 1.29 is 9.53 Å². The van der Waals surface area contributed by atoms with Gasteiger partial charge in [0.25, 0.3) is 0 Å². The predicted octanol–water partition coefficient (Wildman–Crippen LogP) is 2.56. The number of ether oxygens (including phenoxy) is 1. The summed E-state index contributed by atoms with van der Waals surface area (Å²) in [7, 11) is 1.66. The van der Waals surface area contributed by atoms with E-state index in [0.29, 0.717) is 17.7 Å². The highest BCUT2D eigenvalue weighted by atomic mass is 16.5. The molecule has 2 aliphatic heterocycles. The van der Waals surface area contributed by atoms with Crippen molar-refractivity contribution in [1.29, 1.82) is 0 Å². The largest absolute Gasteiger partial charge is 0.481 e. The molecule has 5 heteroatoms. The Hall–Kier alpha value is -1.62. The highest BCUT2D eigenvalue weighted by Crippen LogP contribution is 2.42. The van der Waals surface area contributed by atoms with Crippen LogP contribution in [0.25, 0.3) is 0 Å². The molecule has 5 nitrogen and oxygen atoms in total. The van der Waals surface area contributed by atoms with Crippen LogP contribution < -0.4 is 4.74 Å². The molecule has 2 aliphatic rings. The lowest BCUT2D eigenvalue weighted by atomic mass is 9.77. The van der Waals surface area contributed by atoms with Gasteiger partial charge in [0.15, 0.2) is 0 Å². The van der Waals surface area contributed by atoms with Gasteiger partial charge in [0.2, 0.25) is 11.8 Å². The van der Waals surface area contributed by atoms with Gasteiger partial charge in [0.1, 0.15) is 0 Å². The summed E-state index contributed by atoms with van der Waals surface area (Å²) in [5, 5.41) is 0. The third-order valence-corrected chi connectivity index (χ3v) is 5.44. The van der Waals surface area contributed by atoms with Crippen molar-refractivity contribution >= 4 is 5.91 Å². The van der Waals surface area contributed by atoms with E-state index in [0.717, 1.165) is 57.5 Å². The first-order valence-electron chi connectivity index (χ1n) is 9.04. The minimum absolute atomic E-state index is 0.0928. The summed E-state index contributed by atoms with van der Waals surface area (Å²) in [5.41, 5.74) is 1.03. The Kier molecular flexibility index (Phi) is 5.09. The second kappa shape index (κ2) is 7.09. The molecule has 132 valence electrons. The van der Waals surface area contributed by atoms with Crippen molar-refractivity contribution in [1.82, 2.24) is 14.8 Å². The zero-order valence-electron chi connectivity index (χ0n) is 15.1. The van der Waals surface area contributed by atoms with E-state index in [9.17, 15) is 4.79 Å². The Morgan fingerprint density at radius 1 is 1.25 bits per heavy atom. The Morgan fingerprint density at radius 3 is 2.62 bits per heavy atom. The molecule has 0 aromatic carbocycles. The summed E-state index contributed by atoms with van der Waals surface area (Å²) in [5.74, 6) is 1.65. The van der Waals surface area contributed by atoms with E-state index in [2.05, 4.69) is 34.7 Å². The van der Waals surface area contributed by atoms with Crippen LogP contribution in [0.4, 0.5) is 0 Å². The van der Waals surface area contributed by atoms with Crippen molar-refractivity contribution in [3.05, 3.63) is 23.9 Å². The second-order valence-corrected chi connectivity index (χ2v) is 7.62. The molecule has 0 radical (unpaired) electrons. The highest BCUT2D eigenvalue weighted by Gasteiger charge is 2.47. The van der Waals surface area contributed by atoms with Crippen LogP contribution in [0.1, 0.15) is 38.7 Å². The summed E-state index contributed by atoms with van der Waals surface area (Å²) in [6.07, 6.45) is 4.74. The van der Waals surface area contributed by atoms with Crippen LogP contribution in [0, 0.1) is 11.3 Å². The third-order valence-electron chi connectivity index (χ3n) is 5.44. The maximum absolute atomic E-state index is 12.9. The van der Waals surface area contributed by atoms with E-state index < -0.39 is 0 Å². The number of carbonyl (C=O) groups is 1. The zero-order chi connectivity index (χ0) is 17.2. The van der Waals surface area contributed by atoms with Gasteiger partial charge in [0, 0.05) is 31.4 Å². The Bertz CT molecular complexity index is 580. The highest BCUT2D eigenvalue weighted by molar-refractivity contribution is 5.85. The van der Waals surface area contributed by atoms with Gasteiger partial charge < -0.3 is 9.64 Å². The molecule has 3 heterocycles. The minimum atomic E-state index is -0.0928. The molecule has 1 spiro atoms. The molecule has 0 unspecified atom stereocenters. The number of hydrogen-bond acceptors (Lipinski definition) is 4. The van der Waals surface area contributed by atoms with Gasteiger partial charge in [-0.15, -0.1) is 0 Å². The van der Waals surface area contributed by atoms with Crippen molar-refractivity contribution in [2.45, 2.75) is 39.7 Å². The quantitative estimate of drug-likeness (QED) is 0.832. The van der Waals surface area contributed by atoms with E-state index in [1.807, 2.05) is 6.07 Å². The molecule has 0 saturated carbocycles. The minimum Gasteiger partial charge on any atom is -0.481 e. The summed E-state index contributed by atoms with van der Waals surface area (Å²) in [6.45, 7) is 8.99. The monoisotopic (exact) mass is 331 g/mol. The third kappa shape index (κ3) is 3.41. The SMILES string of the molecule is COc1ncccc1CN1CCC2(CC1)CCN(CC(C)C)C2=O. The molecule has 0 bridgehead atoms. The molecule has 0 aliphatic carbocycles. The van der Waals surface area contributed by atoms with E-state index in [4.69, 9.17) is 4.74 Å². The number of pyridine rings is 1. The van der Waals surface area contributed by atoms with Crippen LogP contribution in [-0.2, 0) is 11.3 Å². The number of methoxy groups -OCH3 is 1. The van der Waals surface area contributed by atoms with Crippen molar-refractivity contribution in [2.75, 3.05) is 33.3 Å². The average Bonchev–Trinajstić information content (AvgIpc) is 2.87. The number of hydrogen-bond donors (Lipinski definition) is 0. The molecule has 0 N–H and O–H groups in total. The van der Waals surface area contributed by atoms with E-state index in [1.54, 1.807) is 13.3 Å². The number of rotatable bonds is 5. The maximum Gasteiger partial charge on any atom is 0.228 e. The Morgan fingerprint density at radius 2 is 1.96 bits per heavy atom. The van der Waals surface area contributed by atoms with E-state index in [-0.39, 0.29) is 5.41 Å². The Labute approximate surface area is 145 Å². The summed E-state index contributed by atoms with van der Waals surface area (Å²) >= 11 is 0. The van der Waals surface area contributed by atoms with Crippen LogP contribution in [0.15, 0.2) is 18.3 Å². The fraction of sp³-hybridized carbons (Fsp3) is 0.684. The van der Waals surface area contributed by atoms with E-state index >= 15 is 0 Å². The first kappa shape index (κ1) is 17.2. The van der Waals surface area contributed by atoms with Crippen LogP contribution in [0.5, 0.6) is 5.88 Å².